The van der Waals surface area contributed by atoms with Gasteiger partial charge in [0.25, 0.3) is 0 Å². The molecule has 0 fully saturated rings. The average molecular weight is 563 g/mol. The van der Waals surface area contributed by atoms with Crippen molar-refractivity contribution in [2.24, 2.45) is 0 Å². The highest BCUT2D eigenvalue weighted by Crippen LogP contribution is 2.44. The molecular weight excluding hydrogens is 536 g/mol. The number of nitrogens with zero attached hydrogens (tertiary/aromatic N) is 4. The van der Waals surface area contributed by atoms with Crippen LogP contribution in [0.25, 0.3) is 66.1 Å². The summed E-state index contributed by atoms with van der Waals surface area (Å²) in [6, 6.07) is 46.4. The van der Waals surface area contributed by atoms with Gasteiger partial charge in [-0.15, -0.1) is 0 Å². The van der Waals surface area contributed by atoms with Crippen LogP contribution in [0.2, 0.25) is 0 Å². The molecule has 0 radical (unpaired) electrons. The van der Waals surface area contributed by atoms with Crippen molar-refractivity contribution >= 4 is 43.6 Å². The predicted octanol–water partition coefficient (Wildman–Crippen LogP) is 9.91. The summed E-state index contributed by atoms with van der Waals surface area (Å²) in [4.78, 5) is 0. The van der Waals surface area contributed by atoms with Crippen LogP contribution < -0.4 is 0 Å². The van der Waals surface area contributed by atoms with Crippen molar-refractivity contribution in [2.45, 2.75) is 13.8 Å². The van der Waals surface area contributed by atoms with Crippen molar-refractivity contribution in [3.63, 3.8) is 0 Å². The Balaban J connectivity index is 1.66. The van der Waals surface area contributed by atoms with Gasteiger partial charge in [-0.2, -0.15) is 10.5 Å². The number of aryl methyl sites for hydroxylation is 2. The van der Waals surface area contributed by atoms with Crippen LogP contribution in [0.1, 0.15) is 22.3 Å². The summed E-state index contributed by atoms with van der Waals surface area (Å²) in [5.74, 6) is 0. The van der Waals surface area contributed by atoms with E-state index in [4.69, 9.17) is 0 Å². The van der Waals surface area contributed by atoms with Crippen molar-refractivity contribution in [1.29, 1.82) is 10.5 Å². The number of hydrogen-bond donors (Lipinski definition) is 0. The van der Waals surface area contributed by atoms with Gasteiger partial charge >= 0.3 is 0 Å². The first-order chi connectivity index (χ1) is 21.6. The number of fused-ring (bicyclic) bond motifs is 6. The lowest BCUT2D eigenvalue weighted by molar-refractivity contribution is 1.11. The van der Waals surface area contributed by atoms with Crippen LogP contribution in [-0.2, 0) is 0 Å². The van der Waals surface area contributed by atoms with Gasteiger partial charge in [-0.3, -0.25) is 0 Å². The lowest BCUT2D eigenvalue weighted by Gasteiger charge is -2.20. The van der Waals surface area contributed by atoms with E-state index in [1.165, 1.54) is 21.9 Å². The minimum absolute atomic E-state index is 0.457. The molecule has 0 aliphatic heterocycles. The molecular formula is C40H26N4. The molecule has 0 amide bonds. The van der Waals surface area contributed by atoms with Crippen LogP contribution in [-0.4, -0.2) is 9.13 Å². The maximum absolute atomic E-state index is 10.0. The van der Waals surface area contributed by atoms with Crippen molar-refractivity contribution in [3.05, 3.63) is 144 Å². The second-order valence-corrected chi connectivity index (χ2v) is 11.3. The highest BCUT2D eigenvalue weighted by Gasteiger charge is 2.24. The molecule has 0 spiro atoms. The molecule has 0 aliphatic rings. The second-order valence-electron chi connectivity index (χ2n) is 11.3. The van der Waals surface area contributed by atoms with Gasteiger partial charge in [0.15, 0.2) is 0 Å². The number of aromatic nitrogens is 2. The number of hydrogen-bond acceptors (Lipinski definition) is 2. The van der Waals surface area contributed by atoms with Gasteiger partial charge in [0, 0.05) is 27.1 Å². The summed E-state index contributed by atoms with van der Waals surface area (Å²) in [6.07, 6.45) is 0. The number of para-hydroxylation sites is 4. The Labute approximate surface area is 254 Å². The summed E-state index contributed by atoms with van der Waals surface area (Å²) in [5.41, 5.74) is 11.5. The number of benzene rings is 6. The zero-order valence-corrected chi connectivity index (χ0v) is 24.3. The van der Waals surface area contributed by atoms with Crippen LogP contribution in [0.5, 0.6) is 0 Å². The molecule has 0 aliphatic carbocycles. The van der Waals surface area contributed by atoms with E-state index in [1.54, 1.807) is 6.07 Å². The van der Waals surface area contributed by atoms with Crippen molar-refractivity contribution in [1.82, 2.24) is 9.13 Å². The quantitative estimate of drug-likeness (QED) is 0.215. The normalized spacial score (nSPS) is 11.4. The van der Waals surface area contributed by atoms with E-state index in [-0.39, 0.29) is 0 Å². The van der Waals surface area contributed by atoms with E-state index in [9.17, 15) is 10.5 Å². The molecule has 8 rings (SSSR count). The third kappa shape index (κ3) is 3.62. The summed E-state index contributed by atoms with van der Waals surface area (Å²) in [6.45, 7) is 4.31. The molecule has 2 heterocycles. The van der Waals surface area contributed by atoms with Crippen LogP contribution in [0.15, 0.2) is 121 Å². The van der Waals surface area contributed by atoms with E-state index in [0.717, 1.165) is 55.3 Å². The summed E-state index contributed by atoms with van der Waals surface area (Å²) in [5, 5.41) is 24.7. The Bertz CT molecular complexity index is 2440. The molecule has 0 saturated carbocycles. The molecule has 44 heavy (non-hydrogen) atoms. The summed E-state index contributed by atoms with van der Waals surface area (Å²) in [7, 11) is 0. The largest absolute Gasteiger partial charge is 0.309 e. The van der Waals surface area contributed by atoms with Gasteiger partial charge in [0.05, 0.1) is 56.7 Å². The lowest BCUT2D eigenvalue weighted by Crippen LogP contribution is -2.04. The monoisotopic (exact) mass is 562 g/mol. The SMILES string of the molecule is Cc1cccc(C)c1-n1c2ccccc2c2ccc(-n3c4ccccc4c4ccccc43)c(-c3cc(C#N)cc(C#N)c3)c21. The number of nitriles is 2. The van der Waals surface area contributed by atoms with E-state index < -0.39 is 0 Å². The van der Waals surface area contributed by atoms with E-state index in [0.29, 0.717) is 11.1 Å². The molecule has 4 heteroatoms. The second kappa shape index (κ2) is 9.73. The Morgan fingerprint density at radius 2 is 1.00 bits per heavy atom. The van der Waals surface area contributed by atoms with E-state index in [1.807, 2.05) is 12.1 Å². The maximum atomic E-state index is 10.0. The molecule has 4 nitrogen and oxygen atoms in total. The molecule has 8 aromatic rings. The Kier molecular flexibility index (Phi) is 5.66. The van der Waals surface area contributed by atoms with Crippen molar-refractivity contribution in [3.8, 4) is 34.6 Å². The maximum Gasteiger partial charge on any atom is 0.0992 e. The van der Waals surface area contributed by atoms with Crippen molar-refractivity contribution in [2.75, 3.05) is 0 Å². The first kappa shape index (κ1) is 25.6. The highest BCUT2D eigenvalue weighted by atomic mass is 15.0. The van der Waals surface area contributed by atoms with Crippen LogP contribution in [0.4, 0.5) is 0 Å². The summed E-state index contributed by atoms with van der Waals surface area (Å²) >= 11 is 0. The molecule has 0 bridgehead atoms. The molecule has 0 unspecified atom stereocenters. The minimum atomic E-state index is 0.457. The van der Waals surface area contributed by atoms with E-state index in [2.05, 4.69) is 138 Å². The van der Waals surface area contributed by atoms with Gasteiger partial charge in [-0.1, -0.05) is 78.9 Å². The minimum Gasteiger partial charge on any atom is -0.309 e. The zero-order chi connectivity index (χ0) is 29.9. The van der Waals surface area contributed by atoms with Crippen LogP contribution in [0, 0.1) is 36.5 Å². The molecule has 0 N–H and O–H groups in total. The van der Waals surface area contributed by atoms with Gasteiger partial charge < -0.3 is 9.13 Å². The topological polar surface area (TPSA) is 57.4 Å². The van der Waals surface area contributed by atoms with Gasteiger partial charge in [0.1, 0.15) is 0 Å². The third-order valence-corrected chi connectivity index (χ3v) is 8.78. The Morgan fingerprint density at radius 1 is 0.500 bits per heavy atom. The van der Waals surface area contributed by atoms with Gasteiger partial charge in [-0.25, -0.2) is 0 Å². The van der Waals surface area contributed by atoms with E-state index >= 15 is 0 Å². The molecule has 0 saturated heterocycles. The molecule has 2 aromatic heterocycles. The number of rotatable bonds is 3. The van der Waals surface area contributed by atoms with Crippen molar-refractivity contribution < 1.29 is 0 Å². The standard InChI is InChI=1S/C40H26N4/c1-25-10-9-11-26(2)39(25)44-36-17-8-5-14-32(36)33-18-19-37(38(40(33)44)29-21-27(23-41)20-28(22-29)24-42)43-34-15-6-3-12-30(34)31-13-4-7-16-35(31)43/h3-22H,1-2H3. The van der Waals surface area contributed by atoms with Crippen LogP contribution in [0.3, 0.4) is 0 Å². The third-order valence-electron chi connectivity index (χ3n) is 8.78. The lowest BCUT2D eigenvalue weighted by atomic mass is 9.96. The molecule has 206 valence electrons. The molecule has 6 aromatic carbocycles. The fourth-order valence-corrected chi connectivity index (χ4v) is 6.99. The fourth-order valence-electron chi connectivity index (χ4n) is 6.99. The van der Waals surface area contributed by atoms with Gasteiger partial charge in [-0.05, 0) is 73.0 Å². The average Bonchev–Trinajstić information content (AvgIpc) is 3.57. The fraction of sp³-hybridized carbons (Fsp3) is 0.0500. The first-order valence-electron chi connectivity index (χ1n) is 14.7. The highest BCUT2D eigenvalue weighted by molar-refractivity contribution is 6.17. The summed E-state index contributed by atoms with van der Waals surface area (Å²) < 4.78 is 4.71. The first-order valence-corrected chi connectivity index (χ1v) is 14.7. The molecule has 0 atom stereocenters. The Hall–Kier alpha value is -6.10. The Morgan fingerprint density at radius 3 is 1.55 bits per heavy atom. The van der Waals surface area contributed by atoms with Crippen LogP contribution >= 0.6 is 0 Å². The zero-order valence-electron chi connectivity index (χ0n) is 24.3. The smallest absolute Gasteiger partial charge is 0.0992 e. The predicted molar refractivity (Wildman–Crippen MR) is 179 cm³/mol. The van der Waals surface area contributed by atoms with Gasteiger partial charge in [0.2, 0.25) is 0 Å².